The molecule has 0 radical (unpaired) electrons. The molecule has 3 N–H and O–H groups in total. The van der Waals surface area contributed by atoms with Crippen molar-refractivity contribution < 1.29 is 0 Å². The molecule has 1 aromatic carbocycles. The summed E-state index contributed by atoms with van der Waals surface area (Å²) >= 11 is 6.25. The van der Waals surface area contributed by atoms with Crippen LogP contribution in [0.1, 0.15) is 11.3 Å². The molecule has 0 fully saturated rings. The second kappa shape index (κ2) is 4.90. The predicted octanol–water partition coefficient (Wildman–Crippen LogP) is 2.88. The number of hydrogen-bond donors (Lipinski definition) is 2. The largest absolute Gasteiger partial charge is 0.383 e. The van der Waals surface area contributed by atoms with Gasteiger partial charge in [0, 0.05) is 29.9 Å². The fourth-order valence-corrected chi connectivity index (χ4v) is 2.16. The average Bonchev–Trinajstić information content (AvgIpc) is 2.30. The van der Waals surface area contributed by atoms with E-state index < -0.39 is 0 Å². The van der Waals surface area contributed by atoms with Crippen molar-refractivity contribution in [1.82, 2.24) is 4.98 Å². The molecule has 0 aliphatic heterocycles. The quantitative estimate of drug-likeness (QED) is 0.880. The summed E-state index contributed by atoms with van der Waals surface area (Å²) < 4.78 is 0. The van der Waals surface area contributed by atoms with Crippen molar-refractivity contribution in [3.8, 4) is 0 Å². The van der Waals surface area contributed by atoms with E-state index in [2.05, 4.69) is 10.3 Å². The lowest BCUT2D eigenvalue weighted by Gasteiger charge is -2.12. The third-order valence-corrected chi connectivity index (χ3v) is 3.01. The van der Waals surface area contributed by atoms with Crippen LogP contribution in [-0.2, 0) is 0 Å². The Morgan fingerprint density at radius 3 is 2.82 bits per heavy atom. The summed E-state index contributed by atoms with van der Waals surface area (Å²) in [4.78, 5) is 4.55. The molecule has 1 aromatic heterocycles. The van der Waals surface area contributed by atoms with Gasteiger partial charge < -0.3 is 11.1 Å². The Hall–Kier alpha value is -1.32. The van der Waals surface area contributed by atoms with Crippen LogP contribution in [0.4, 0.5) is 5.69 Å². The second-order valence-electron chi connectivity index (χ2n) is 4.11. The predicted molar refractivity (Wildman–Crippen MR) is 73.8 cm³/mol. The molecule has 0 aliphatic rings. The number of nitrogens with zero attached hydrogens (tertiary/aromatic N) is 1. The maximum Gasteiger partial charge on any atom is 0.0770 e. The first-order chi connectivity index (χ1) is 8.13. The Bertz CT molecular complexity index is 552. The lowest BCUT2D eigenvalue weighted by Crippen LogP contribution is -2.13. The molecule has 2 rings (SSSR count). The normalized spacial score (nSPS) is 10.8. The SMILES string of the molecule is Cc1cc(NCCN)c2c(Cl)ccc(C)c2n1. The zero-order valence-corrected chi connectivity index (χ0v) is 10.8. The number of hydrogen-bond acceptors (Lipinski definition) is 3. The van der Waals surface area contributed by atoms with E-state index in [0.717, 1.165) is 39.4 Å². The molecule has 17 heavy (non-hydrogen) atoms. The number of aryl methyl sites for hydroxylation is 2. The molecule has 1 heterocycles. The summed E-state index contributed by atoms with van der Waals surface area (Å²) in [6.45, 7) is 5.33. The van der Waals surface area contributed by atoms with Gasteiger partial charge in [0.2, 0.25) is 0 Å². The van der Waals surface area contributed by atoms with E-state index in [0.29, 0.717) is 6.54 Å². The van der Waals surface area contributed by atoms with E-state index in [-0.39, 0.29) is 0 Å². The fourth-order valence-electron chi connectivity index (χ4n) is 1.91. The lowest BCUT2D eigenvalue weighted by atomic mass is 10.1. The highest BCUT2D eigenvalue weighted by atomic mass is 35.5. The van der Waals surface area contributed by atoms with Crippen molar-refractivity contribution in [2.75, 3.05) is 18.4 Å². The van der Waals surface area contributed by atoms with Crippen LogP contribution in [0.3, 0.4) is 0 Å². The van der Waals surface area contributed by atoms with Gasteiger partial charge in [-0.05, 0) is 31.5 Å². The van der Waals surface area contributed by atoms with Crippen LogP contribution in [0.15, 0.2) is 18.2 Å². The third-order valence-electron chi connectivity index (χ3n) is 2.70. The van der Waals surface area contributed by atoms with Crippen molar-refractivity contribution in [2.24, 2.45) is 5.73 Å². The van der Waals surface area contributed by atoms with Gasteiger partial charge in [0.25, 0.3) is 0 Å². The van der Waals surface area contributed by atoms with Gasteiger partial charge in [0.15, 0.2) is 0 Å². The van der Waals surface area contributed by atoms with E-state index in [1.807, 2.05) is 32.0 Å². The first-order valence-corrected chi connectivity index (χ1v) is 6.01. The molecular formula is C13H16ClN3. The topological polar surface area (TPSA) is 50.9 Å². The molecule has 3 nitrogen and oxygen atoms in total. The molecule has 0 amide bonds. The van der Waals surface area contributed by atoms with E-state index >= 15 is 0 Å². The fraction of sp³-hybridized carbons (Fsp3) is 0.308. The molecule has 90 valence electrons. The van der Waals surface area contributed by atoms with Crippen molar-refractivity contribution in [3.05, 3.63) is 34.5 Å². The Morgan fingerprint density at radius 2 is 2.12 bits per heavy atom. The maximum absolute atomic E-state index is 6.25. The van der Waals surface area contributed by atoms with Gasteiger partial charge in [-0.1, -0.05) is 17.7 Å². The molecule has 2 aromatic rings. The van der Waals surface area contributed by atoms with Crippen LogP contribution >= 0.6 is 11.6 Å². The molecule has 0 saturated carbocycles. The number of fused-ring (bicyclic) bond motifs is 1. The summed E-state index contributed by atoms with van der Waals surface area (Å²) in [5.74, 6) is 0. The minimum absolute atomic E-state index is 0.590. The number of nitrogens with two attached hydrogens (primary N) is 1. The smallest absolute Gasteiger partial charge is 0.0770 e. The summed E-state index contributed by atoms with van der Waals surface area (Å²) in [5, 5.41) is 4.99. The number of pyridine rings is 1. The van der Waals surface area contributed by atoms with Gasteiger partial charge in [-0.25, -0.2) is 0 Å². The average molecular weight is 250 g/mol. The van der Waals surface area contributed by atoms with Gasteiger partial charge in [-0.3, -0.25) is 4.98 Å². The molecular weight excluding hydrogens is 234 g/mol. The first kappa shape index (κ1) is 12.1. The van der Waals surface area contributed by atoms with E-state index in [9.17, 15) is 0 Å². The number of anilines is 1. The number of nitrogens with one attached hydrogen (secondary N) is 1. The molecule has 0 unspecified atom stereocenters. The zero-order valence-electron chi connectivity index (χ0n) is 10.0. The molecule has 0 bridgehead atoms. The maximum atomic E-state index is 6.25. The van der Waals surface area contributed by atoms with Crippen LogP contribution in [-0.4, -0.2) is 18.1 Å². The van der Waals surface area contributed by atoms with E-state index in [4.69, 9.17) is 17.3 Å². The Labute approximate surface area is 106 Å². The third kappa shape index (κ3) is 2.35. The van der Waals surface area contributed by atoms with E-state index in [1.165, 1.54) is 0 Å². The summed E-state index contributed by atoms with van der Waals surface area (Å²) in [7, 11) is 0. The Morgan fingerprint density at radius 1 is 1.35 bits per heavy atom. The highest BCUT2D eigenvalue weighted by Gasteiger charge is 2.09. The van der Waals surface area contributed by atoms with Gasteiger partial charge in [-0.2, -0.15) is 0 Å². The van der Waals surface area contributed by atoms with Crippen LogP contribution in [0.25, 0.3) is 10.9 Å². The highest BCUT2D eigenvalue weighted by Crippen LogP contribution is 2.31. The second-order valence-corrected chi connectivity index (χ2v) is 4.52. The van der Waals surface area contributed by atoms with Crippen LogP contribution < -0.4 is 11.1 Å². The van der Waals surface area contributed by atoms with Crippen molar-refractivity contribution in [3.63, 3.8) is 0 Å². The molecule has 0 spiro atoms. The van der Waals surface area contributed by atoms with Crippen molar-refractivity contribution in [1.29, 1.82) is 0 Å². The zero-order chi connectivity index (χ0) is 12.4. The van der Waals surface area contributed by atoms with Crippen molar-refractivity contribution in [2.45, 2.75) is 13.8 Å². The minimum Gasteiger partial charge on any atom is -0.383 e. The lowest BCUT2D eigenvalue weighted by molar-refractivity contribution is 1.02. The standard InChI is InChI=1S/C13H16ClN3/c1-8-3-4-10(14)12-11(16-6-5-15)7-9(2)17-13(8)12/h3-4,7H,5-6,15H2,1-2H3,(H,16,17). The van der Waals surface area contributed by atoms with Gasteiger partial charge in [0.1, 0.15) is 0 Å². The van der Waals surface area contributed by atoms with Crippen LogP contribution in [0.2, 0.25) is 5.02 Å². The summed E-state index contributed by atoms with van der Waals surface area (Å²) in [5.41, 5.74) is 9.58. The van der Waals surface area contributed by atoms with Crippen LogP contribution in [0, 0.1) is 13.8 Å². The molecule has 0 saturated heterocycles. The summed E-state index contributed by atoms with van der Waals surface area (Å²) in [6.07, 6.45) is 0. The molecule has 0 aliphatic carbocycles. The Balaban J connectivity index is 2.68. The Kier molecular flexibility index (Phi) is 3.50. The number of rotatable bonds is 3. The van der Waals surface area contributed by atoms with Gasteiger partial charge in [0.05, 0.1) is 10.5 Å². The first-order valence-electron chi connectivity index (χ1n) is 5.64. The monoisotopic (exact) mass is 249 g/mol. The van der Waals surface area contributed by atoms with E-state index in [1.54, 1.807) is 0 Å². The number of halogens is 1. The number of aromatic nitrogens is 1. The minimum atomic E-state index is 0.590. The van der Waals surface area contributed by atoms with Gasteiger partial charge >= 0.3 is 0 Å². The van der Waals surface area contributed by atoms with Gasteiger partial charge in [-0.15, -0.1) is 0 Å². The van der Waals surface area contributed by atoms with Crippen LogP contribution in [0.5, 0.6) is 0 Å². The number of benzene rings is 1. The highest BCUT2D eigenvalue weighted by molar-refractivity contribution is 6.36. The van der Waals surface area contributed by atoms with Crippen molar-refractivity contribution >= 4 is 28.2 Å². The summed E-state index contributed by atoms with van der Waals surface area (Å²) in [6, 6.07) is 5.90. The molecule has 0 atom stereocenters. The molecule has 4 heteroatoms.